The molecule has 4 rings (SSSR count). The van der Waals surface area contributed by atoms with E-state index in [-0.39, 0.29) is 31.0 Å². The molecule has 0 spiro atoms. The number of aromatic nitrogens is 3. The largest absolute Gasteiger partial charge is 0.418 e. The van der Waals surface area contributed by atoms with E-state index < -0.39 is 23.4 Å². The molecule has 3 aromatic rings. The number of aromatic amines is 1. The van der Waals surface area contributed by atoms with Crippen LogP contribution in [0.3, 0.4) is 0 Å². The number of carbonyl (C=O) groups is 1. The van der Waals surface area contributed by atoms with Crippen molar-refractivity contribution in [3.8, 4) is 10.4 Å². The van der Waals surface area contributed by atoms with Crippen LogP contribution in [0.2, 0.25) is 0 Å². The highest BCUT2D eigenvalue weighted by Crippen LogP contribution is 2.42. The predicted octanol–water partition coefficient (Wildman–Crippen LogP) is 4.45. The van der Waals surface area contributed by atoms with Crippen molar-refractivity contribution < 1.29 is 23.1 Å². The van der Waals surface area contributed by atoms with E-state index in [0.717, 1.165) is 16.5 Å². The lowest BCUT2D eigenvalue weighted by Crippen LogP contribution is -2.51. The van der Waals surface area contributed by atoms with Crippen molar-refractivity contribution in [2.45, 2.75) is 44.0 Å². The number of H-pyrrole nitrogens is 1. The molecule has 1 fully saturated rings. The minimum Gasteiger partial charge on any atom is -0.383 e. The van der Waals surface area contributed by atoms with Crippen molar-refractivity contribution in [1.29, 1.82) is 0 Å². The Balaban J connectivity index is 1.58. The summed E-state index contributed by atoms with van der Waals surface area (Å²) in [4.78, 5) is 19.6. The lowest BCUT2D eigenvalue weighted by atomic mass is 9.80. The lowest BCUT2D eigenvalue weighted by molar-refractivity contribution is -0.143. The molecule has 0 saturated carbocycles. The zero-order chi connectivity index (χ0) is 22.2. The molecule has 2 unspecified atom stereocenters. The molecular formula is C21H21F3N4O2S. The standard InChI is InChI=1S/C21H21F3N4O2S/c1-2-15-9-20(30,18-16(21(22,23)24)4-3-6-25-18)5-7-28(15)19(29)13-8-17(31-12-13)14-10-26-27-11-14/h3-4,6,8,10-12,15,30H,2,5,7,9H2,1H3,(H,26,27). The number of hydrogen-bond acceptors (Lipinski definition) is 5. The van der Waals surface area contributed by atoms with Crippen LogP contribution < -0.4 is 0 Å². The van der Waals surface area contributed by atoms with Crippen LogP contribution in [0.5, 0.6) is 0 Å². The molecule has 0 radical (unpaired) electrons. The number of nitrogens with zero attached hydrogens (tertiary/aromatic N) is 3. The first kappa shape index (κ1) is 21.5. The van der Waals surface area contributed by atoms with Gasteiger partial charge in [-0.15, -0.1) is 11.3 Å². The van der Waals surface area contributed by atoms with E-state index in [1.54, 1.807) is 28.7 Å². The maximum Gasteiger partial charge on any atom is 0.418 e. The van der Waals surface area contributed by atoms with E-state index in [1.807, 2.05) is 6.92 Å². The van der Waals surface area contributed by atoms with E-state index in [9.17, 15) is 23.1 Å². The van der Waals surface area contributed by atoms with Gasteiger partial charge in [-0.3, -0.25) is 14.9 Å². The second kappa shape index (κ2) is 8.08. The molecule has 0 aromatic carbocycles. The van der Waals surface area contributed by atoms with Gasteiger partial charge in [-0.2, -0.15) is 18.3 Å². The van der Waals surface area contributed by atoms with Gasteiger partial charge in [-0.05, 0) is 31.0 Å². The molecule has 0 aliphatic carbocycles. The van der Waals surface area contributed by atoms with Crippen LogP contribution in [0.4, 0.5) is 13.2 Å². The number of aliphatic hydroxyl groups is 1. The molecule has 31 heavy (non-hydrogen) atoms. The summed E-state index contributed by atoms with van der Waals surface area (Å²) < 4.78 is 40.4. The number of carbonyl (C=O) groups excluding carboxylic acids is 1. The van der Waals surface area contributed by atoms with Crippen LogP contribution in [-0.2, 0) is 11.8 Å². The van der Waals surface area contributed by atoms with E-state index >= 15 is 0 Å². The van der Waals surface area contributed by atoms with Crippen LogP contribution in [0.15, 0.2) is 42.2 Å². The van der Waals surface area contributed by atoms with Gasteiger partial charge in [0.15, 0.2) is 0 Å². The van der Waals surface area contributed by atoms with Crippen LogP contribution in [0, 0.1) is 0 Å². The average Bonchev–Trinajstić information content (AvgIpc) is 3.44. The van der Waals surface area contributed by atoms with Gasteiger partial charge in [0.2, 0.25) is 0 Å². The normalized spacial score (nSPS) is 22.0. The van der Waals surface area contributed by atoms with E-state index in [0.29, 0.717) is 12.0 Å². The van der Waals surface area contributed by atoms with Crippen LogP contribution in [-0.4, -0.2) is 43.7 Å². The molecule has 2 atom stereocenters. The van der Waals surface area contributed by atoms with E-state index in [2.05, 4.69) is 15.2 Å². The highest BCUT2D eigenvalue weighted by atomic mass is 32.1. The summed E-state index contributed by atoms with van der Waals surface area (Å²) in [5, 5.41) is 19.6. The fourth-order valence-electron chi connectivity index (χ4n) is 4.09. The molecule has 1 amide bonds. The summed E-state index contributed by atoms with van der Waals surface area (Å²) in [6, 6.07) is 3.51. The van der Waals surface area contributed by atoms with Crippen LogP contribution in [0.1, 0.15) is 47.8 Å². The summed E-state index contributed by atoms with van der Waals surface area (Å²) in [6.45, 7) is 1.99. The van der Waals surface area contributed by atoms with Gasteiger partial charge in [0.05, 0.1) is 23.0 Å². The predicted molar refractivity (Wildman–Crippen MR) is 109 cm³/mol. The fourth-order valence-corrected chi connectivity index (χ4v) is 4.96. The van der Waals surface area contributed by atoms with Crippen molar-refractivity contribution in [1.82, 2.24) is 20.1 Å². The number of nitrogens with one attached hydrogen (secondary N) is 1. The number of likely N-dealkylation sites (tertiary alicyclic amines) is 1. The maximum absolute atomic E-state index is 13.5. The Bertz CT molecular complexity index is 1070. The highest BCUT2D eigenvalue weighted by molar-refractivity contribution is 7.13. The number of alkyl halides is 3. The van der Waals surface area contributed by atoms with Gasteiger partial charge in [0.1, 0.15) is 5.60 Å². The number of halogens is 3. The lowest BCUT2D eigenvalue weighted by Gasteiger charge is -2.44. The van der Waals surface area contributed by atoms with Crippen LogP contribution in [0.25, 0.3) is 10.4 Å². The molecule has 2 N–H and O–H groups in total. The van der Waals surface area contributed by atoms with Crippen molar-refractivity contribution in [3.63, 3.8) is 0 Å². The van der Waals surface area contributed by atoms with Crippen molar-refractivity contribution in [2.24, 2.45) is 0 Å². The van der Waals surface area contributed by atoms with Gasteiger partial charge in [-0.1, -0.05) is 6.92 Å². The Morgan fingerprint density at radius 1 is 1.45 bits per heavy atom. The third-order valence-electron chi connectivity index (χ3n) is 5.70. The Morgan fingerprint density at radius 3 is 2.94 bits per heavy atom. The molecule has 1 saturated heterocycles. The smallest absolute Gasteiger partial charge is 0.383 e. The van der Waals surface area contributed by atoms with E-state index in [4.69, 9.17) is 0 Å². The zero-order valence-corrected chi connectivity index (χ0v) is 17.5. The summed E-state index contributed by atoms with van der Waals surface area (Å²) in [5.74, 6) is -0.197. The maximum atomic E-state index is 13.5. The topological polar surface area (TPSA) is 82.1 Å². The average molecular weight is 450 g/mol. The Hall–Kier alpha value is -2.72. The number of thiophene rings is 1. The quantitative estimate of drug-likeness (QED) is 0.615. The minimum atomic E-state index is -4.62. The second-order valence-electron chi connectivity index (χ2n) is 7.63. The molecule has 1 aliphatic rings. The third-order valence-corrected chi connectivity index (χ3v) is 6.67. The molecule has 1 aliphatic heterocycles. The van der Waals surface area contributed by atoms with Crippen LogP contribution >= 0.6 is 11.3 Å². The monoisotopic (exact) mass is 450 g/mol. The third kappa shape index (κ3) is 4.09. The first-order valence-corrected chi connectivity index (χ1v) is 10.7. The first-order chi connectivity index (χ1) is 14.7. The number of piperidine rings is 1. The van der Waals surface area contributed by atoms with Gasteiger partial charge < -0.3 is 10.0 Å². The molecule has 3 aromatic heterocycles. The highest BCUT2D eigenvalue weighted by Gasteiger charge is 2.46. The molecule has 164 valence electrons. The number of amides is 1. The van der Waals surface area contributed by atoms with Gasteiger partial charge in [0, 0.05) is 47.2 Å². The van der Waals surface area contributed by atoms with Gasteiger partial charge >= 0.3 is 6.18 Å². The molecule has 6 nitrogen and oxygen atoms in total. The first-order valence-electron chi connectivity index (χ1n) is 9.86. The summed E-state index contributed by atoms with van der Waals surface area (Å²) >= 11 is 1.42. The molecule has 0 bridgehead atoms. The number of hydrogen-bond donors (Lipinski definition) is 2. The Kier molecular flexibility index (Phi) is 5.61. The molecule has 4 heterocycles. The number of pyridine rings is 1. The number of rotatable bonds is 4. The Morgan fingerprint density at radius 2 is 2.26 bits per heavy atom. The summed E-state index contributed by atoms with van der Waals surface area (Å²) in [6.07, 6.45) is 0.517. The zero-order valence-electron chi connectivity index (χ0n) is 16.7. The van der Waals surface area contributed by atoms with Crippen molar-refractivity contribution in [3.05, 3.63) is 59.0 Å². The minimum absolute atomic E-state index is 0.00589. The van der Waals surface area contributed by atoms with E-state index in [1.165, 1.54) is 23.6 Å². The van der Waals surface area contributed by atoms with Gasteiger partial charge in [0.25, 0.3) is 5.91 Å². The Labute approximate surface area is 180 Å². The van der Waals surface area contributed by atoms with Gasteiger partial charge in [-0.25, -0.2) is 0 Å². The summed E-state index contributed by atoms with van der Waals surface area (Å²) in [5.41, 5.74) is -1.67. The van der Waals surface area contributed by atoms with Crippen molar-refractivity contribution >= 4 is 17.2 Å². The van der Waals surface area contributed by atoms with Crippen molar-refractivity contribution in [2.75, 3.05) is 6.54 Å². The fraction of sp³-hybridized carbons (Fsp3) is 0.381. The molecular weight excluding hydrogens is 429 g/mol. The summed E-state index contributed by atoms with van der Waals surface area (Å²) in [7, 11) is 0. The second-order valence-corrected chi connectivity index (χ2v) is 8.54. The SMILES string of the molecule is CCC1CC(O)(c2ncccc2C(F)(F)F)CCN1C(=O)c1csc(-c2cn[nH]c2)c1. The molecule has 10 heteroatoms.